The molecule has 2 aromatic rings. The predicted molar refractivity (Wildman–Crippen MR) is 98.9 cm³/mol. The highest BCUT2D eigenvalue weighted by Crippen LogP contribution is 2.21. The monoisotopic (exact) mass is 394 g/mol. The number of nitrogens with one attached hydrogen (secondary N) is 1. The Kier molecular flexibility index (Phi) is 7.03. The summed E-state index contributed by atoms with van der Waals surface area (Å²) in [5.41, 5.74) is 1.63. The number of rotatable bonds is 7. The maximum atomic E-state index is 12.7. The van der Waals surface area contributed by atoms with Gasteiger partial charge in [-0.25, -0.2) is 0 Å². The molecule has 0 spiro atoms. The van der Waals surface area contributed by atoms with Gasteiger partial charge in [-0.15, -0.1) is 0 Å². The van der Waals surface area contributed by atoms with Crippen LogP contribution in [0.3, 0.4) is 0 Å². The van der Waals surface area contributed by atoms with E-state index in [1.165, 1.54) is 14.0 Å². The molecule has 0 fully saturated rings. The minimum atomic E-state index is -4.92. The van der Waals surface area contributed by atoms with Gasteiger partial charge in [-0.2, -0.15) is 13.2 Å². The van der Waals surface area contributed by atoms with Crippen molar-refractivity contribution in [3.05, 3.63) is 59.7 Å². The van der Waals surface area contributed by atoms with Crippen molar-refractivity contribution in [3.8, 4) is 5.75 Å². The molecule has 0 saturated heterocycles. The summed E-state index contributed by atoms with van der Waals surface area (Å²) in [6, 6.07) is 13.5. The maximum Gasteiger partial charge on any atom is 0.471 e. The number of nitrogens with zero attached hydrogens (tertiary/aromatic N) is 1. The Morgan fingerprint density at radius 1 is 1.11 bits per heavy atom. The first kappa shape index (κ1) is 21.3. The second kappa shape index (κ2) is 9.25. The summed E-state index contributed by atoms with van der Waals surface area (Å²) in [6.45, 7) is 1.19. The van der Waals surface area contributed by atoms with Crippen LogP contribution in [0.4, 0.5) is 18.9 Å². The van der Waals surface area contributed by atoms with E-state index in [1.54, 1.807) is 48.5 Å². The van der Waals surface area contributed by atoms with E-state index in [2.05, 4.69) is 5.32 Å². The lowest BCUT2D eigenvalue weighted by Gasteiger charge is -2.22. The summed E-state index contributed by atoms with van der Waals surface area (Å²) in [4.78, 5) is 24.4. The third kappa shape index (κ3) is 5.73. The number of carbonyl (C=O) groups is 2. The van der Waals surface area contributed by atoms with Crippen molar-refractivity contribution in [1.29, 1.82) is 0 Å². The van der Waals surface area contributed by atoms with Crippen LogP contribution in [0.5, 0.6) is 5.75 Å². The summed E-state index contributed by atoms with van der Waals surface area (Å²) in [5.74, 6) is -1.59. The molecule has 0 aromatic heterocycles. The molecule has 150 valence electrons. The van der Waals surface area contributed by atoms with Crippen LogP contribution < -0.4 is 10.1 Å². The van der Waals surface area contributed by atoms with Crippen molar-refractivity contribution < 1.29 is 27.5 Å². The molecule has 8 heteroatoms. The highest BCUT2D eigenvalue weighted by atomic mass is 19.4. The largest absolute Gasteiger partial charge is 0.496 e. The number of hydrogen-bond acceptors (Lipinski definition) is 3. The van der Waals surface area contributed by atoms with Crippen LogP contribution in [0.1, 0.15) is 18.1 Å². The first-order chi connectivity index (χ1) is 13.2. The van der Waals surface area contributed by atoms with Gasteiger partial charge in [0.05, 0.1) is 13.5 Å². The molecule has 0 aliphatic heterocycles. The van der Waals surface area contributed by atoms with Gasteiger partial charge in [-0.05, 0) is 30.7 Å². The van der Waals surface area contributed by atoms with Crippen LogP contribution in [-0.2, 0) is 22.6 Å². The third-order valence-electron chi connectivity index (χ3n) is 4.04. The molecule has 0 atom stereocenters. The quantitative estimate of drug-likeness (QED) is 0.778. The van der Waals surface area contributed by atoms with Gasteiger partial charge in [-0.1, -0.05) is 30.3 Å². The fraction of sp³-hybridized carbons (Fsp3) is 0.300. The fourth-order valence-electron chi connectivity index (χ4n) is 2.70. The Labute approximate surface area is 161 Å². The van der Waals surface area contributed by atoms with Crippen molar-refractivity contribution in [2.45, 2.75) is 26.1 Å². The minimum absolute atomic E-state index is 0.0806. The number of methoxy groups -OCH3 is 1. The summed E-state index contributed by atoms with van der Waals surface area (Å²) >= 11 is 0. The molecule has 2 amide bonds. The number of ether oxygens (including phenoxy) is 1. The van der Waals surface area contributed by atoms with Crippen LogP contribution in [0, 0.1) is 0 Å². The number of amides is 2. The van der Waals surface area contributed by atoms with Crippen LogP contribution in [-0.4, -0.2) is 36.5 Å². The normalized spacial score (nSPS) is 11.0. The van der Waals surface area contributed by atoms with Crippen LogP contribution in [0.25, 0.3) is 0 Å². The zero-order valence-corrected chi connectivity index (χ0v) is 15.5. The van der Waals surface area contributed by atoms with Crippen LogP contribution in [0.15, 0.2) is 48.5 Å². The Morgan fingerprint density at radius 3 is 2.46 bits per heavy atom. The van der Waals surface area contributed by atoms with Gasteiger partial charge >= 0.3 is 12.1 Å². The topological polar surface area (TPSA) is 58.6 Å². The lowest BCUT2D eigenvalue weighted by Crippen LogP contribution is -2.40. The lowest BCUT2D eigenvalue weighted by molar-refractivity contribution is -0.185. The molecule has 0 aliphatic carbocycles. The van der Waals surface area contributed by atoms with Crippen LogP contribution in [0.2, 0.25) is 0 Å². The standard InChI is InChI=1S/C20H21F3N2O3/c1-3-25(19(27)20(21,22)23)13-14-7-6-9-16(11-14)24-18(26)12-15-8-4-5-10-17(15)28-2/h4-11H,3,12-13H2,1-2H3,(H,24,26). The van der Waals surface area contributed by atoms with E-state index in [1.807, 2.05) is 0 Å². The second-order valence-corrected chi connectivity index (χ2v) is 6.05. The zero-order valence-electron chi connectivity index (χ0n) is 15.5. The van der Waals surface area contributed by atoms with E-state index in [0.717, 1.165) is 0 Å². The number of benzene rings is 2. The van der Waals surface area contributed by atoms with Gasteiger partial charge in [0.1, 0.15) is 5.75 Å². The van der Waals surface area contributed by atoms with Gasteiger partial charge in [0, 0.05) is 24.3 Å². The minimum Gasteiger partial charge on any atom is -0.496 e. The predicted octanol–water partition coefficient (Wildman–Crippen LogP) is 3.79. The average molecular weight is 394 g/mol. The summed E-state index contributed by atoms with van der Waals surface area (Å²) in [7, 11) is 1.52. The van der Waals surface area contributed by atoms with E-state index in [0.29, 0.717) is 27.5 Å². The van der Waals surface area contributed by atoms with E-state index in [9.17, 15) is 22.8 Å². The number of carbonyl (C=O) groups excluding carboxylic acids is 2. The highest BCUT2D eigenvalue weighted by molar-refractivity contribution is 5.92. The zero-order chi connectivity index (χ0) is 20.7. The molecule has 0 heterocycles. The number of halogens is 3. The van der Waals surface area contributed by atoms with E-state index in [4.69, 9.17) is 4.74 Å². The van der Waals surface area contributed by atoms with Crippen molar-refractivity contribution in [2.24, 2.45) is 0 Å². The number of para-hydroxylation sites is 1. The Bertz CT molecular complexity index is 837. The van der Waals surface area contributed by atoms with Gasteiger partial charge < -0.3 is 15.0 Å². The molecule has 0 radical (unpaired) electrons. The van der Waals surface area contributed by atoms with E-state index < -0.39 is 12.1 Å². The van der Waals surface area contributed by atoms with Crippen molar-refractivity contribution in [1.82, 2.24) is 4.90 Å². The van der Waals surface area contributed by atoms with Gasteiger partial charge in [0.15, 0.2) is 0 Å². The van der Waals surface area contributed by atoms with Gasteiger partial charge in [-0.3, -0.25) is 9.59 Å². The molecule has 2 rings (SSSR count). The molecule has 0 unspecified atom stereocenters. The Balaban J connectivity index is 2.06. The Morgan fingerprint density at radius 2 is 1.82 bits per heavy atom. The van der Waals surface area contributed by atoms with Crippen LogP contribution >= 0.6 is 0 Å². The SMILES string of the molecule is CCN(Cc1cccc(NC(=O)Cc2ccccc2OC)c1)C(=O)C(F)(F)F. The van der Waals surface area contributed by atoms with E-state index in [-0.39, 0.29) is 25.4 Å². The second-order valence-electron chi connectivity index (χ2n) is 6.05. The molecule has 1 N–H and O–H groups in total. The lowest BCUT2D eigenvalue weighted by atomic mass is 10.1. The molecule has 2 aromatic carbocycles. The Hall–Kier alpha value is -3.03. The maximum absolute atomic E-state index is 12.7. The molecular formula is C20H21F3N2O3. The molecule has 0 bridgehead atoms. The molecule has 0 saturated carbocycles. The summed E-state index contributed by atoms with van der Waals surface area (Å²) in [6.07, 6.45) is -4.83. The van der Waals surface area contributed by atoms with Crippen molar-refractivity contribution >= 4 is 17.5 Å². The number of hydrogen-bond donors (Lipinski definition) is 1. The summed E-state index contributed by atoms with van der Waals surface area (Å²) in [5, 5.41) is 2.71. The van der Waals surface area contributed by atoms with Gasteiger partial charge in [0.25, 0.3) is 0 Å². The third-order valence-corrected chi connectivity index (χ3v) is 4.04. The van der Waals surface area contributed by atoms with Crippen molar-refractivity contribution in [2.75, 3.05) is 19.0 Å². The smallest absolute Gasteiger partial charge is 0.471 e. The first-order valence-corrected chi connectivity index (χ1v) is 8.61. The highest BCUT2D eigenvalue weighted by Gasteiger charge is 2.41. The number of anilines is 1. The molecule has 0 aliphatic rings. The first-order valence-electron chi connectivity index (χ1n) is 8.61. The van der Waals surface area contributed by atoms with Crippen molar-refractivity contribution in [3.63, 3.8) is 0 Å². The number of alkyl halides is 3. The fourth-order valence-corrected chi connectivity index (χ4v) is 2.70. The van der Waals surface area contributed by atoms with E-state index >= 15 is 0 Å². The van der Waals surface area contributed by atoms with Gasteiger partial charge in [0.2, 0.25) is 5.91 Å². The summed E-state index contributed by atoms with van der Waals surface area (Å²) < 4.78 is 43.2. The molecular weight excluding hydrogens is 373 g/mol. The molecule has 5 nitrogen and oxygen atoms in total. The average Bonchev–Trinajstić information content (AvgIpc) is 2.65. The molecule has 28 heavy (non-hydrogen) atoms.